The highest BCUT2D eigenvalue weighted by Gasteiger charge is 2.42. The molecule has 0 radical (unpaired) electrons. The van der Waals surface area contributed by atoms with Crippen LogP contribution in [0.15, 0.2) is 113 Å². The van der Waals surface area contributed by atoms with Gasteiger partial charge in [-0.05, 0) is 16.7 Å². The monoisotopic (exact) mass is 685 g/mol. The van der Waals surface area contributed by atoms with Crippen molar-refractivity contribution < 1.29 is 23.5 Å². The molecule has 0 saturated heterocycles. The smallest absolute Gasteiger partial charge is 0.362 e. The molecular formula is C34H36N7O7P. The third-order valence-electron chi connectivity index (χ3n) is 7.95. The summed E-state index contributed by atoms with van der Waals surface area (Å²) in [6.45, 7) is -0.343. The summed E-state index contributed by atoms with van der Waals surface area (Å²) in [5.41, 5.74) is 2.09. The van der Waals surface area contributed by atoms with Crippen molar-refractivity contribution in [3.05, 3.63) is 147 Å². The number of aryl methyl sites for hydroxylation is 2. The van der Waals surface area contributed by atoms with E-state index in [1.54, 1.807) is 18.7 Å². The highest BCUT2D eigenvalue weighted by atomic mass is 31.2. The van der Waals surface area contributed by atoms with E-state index < -0.39 is 30.8 Å². The summed E-state index contributed by atoms with van der Waals surface area (Å²) in [6, 6.07) is 27.6. The molecule has 0 amide bonds. The number of hydrogen-bond acceptors (Lipinski definition) is 10. The quantitative estimate of drug-likeness (QED) is 0.158. The van der Waals surface area contributed by atoms with Gasteiger partial charge in [0, 0.05) is 14.1 Å². The van der Waals surface area contributed by atoms with E-state index in [1.807, 2.05) is 91.0 Å². The number of nitrogens with zero attached hydrogens (tertiary/aromatic N) is 7. The Morgan fingerprint density at radius 3 is 1.94 bits per heavy atom. The van der Waals surface area contributed by atoms with E-state index in [0.717, 1.165) is 21.3 Å². The van der Waals surface area contributed by atoms with Crippen molar-refractivity contribution in [1.29, 1.82) is 0 Å². The van der Waals surface area contributed by atoms with Gasteiger partial charge in [-0.2, -0.15) is 0 Å². The maximum absolute atomic E-state index is 14.5. The highest BCUT2D eigenvalue weighted by Crippen LogP contribution is 2.55. The van der Waals surface area contributed by atoms with Gasteiger partial charge in [-0.1, -0.05) is 96.2 Å². The van der Waals surface area contributed by atoms with Crippen LogP contribution in [0, 0.1) is 0 Å². The van der Waals surface area contributed by atoms with Gasteiger partial charge in [0.25, 0.3) is 5.56 Å². The first kappa shape index (κ1) is 33.9. The van der Waals surface area contributed by atoms with Crippen LogP contribution < -0.4 is 11.2 Å². The van der Waals surface area contributed by atoms with E-state index in [1.165, 1.54) is 21.8 Å². The van der Waals surface area contributed by atoms with Gasteiger partial charge in [-0.25, -0.2) is 14.5 Å². The lowest BCUT2D eigenvalue weighted by Crippen LogP contribution is -2.39. The summed E-state index contributed by atoms with van der Waals surface area (Å²) in [6.07, 6.45) is 1.86. The van der Waals surface area contributed by atoms with Crippen molar-refractivity contribution in [2.75, 3.05) is 0 Å². The Balaban J connectivity index is 1.27. The van der Waals surface area contributed by atoms with Crippen LogP contribution in [-0.4, -0.2) is 50.7 Å². The lowest BCUT2D eigenvalue weighted by Gasteiger charge is -2.29. The number of imidazole rings is 1. The van der Waals surface area contributed by atoms with E-state index in [9.17, 15) is 19.3 Å². The van der Waals surface area contributed by atoms with Gasteiger partial charge in [-0.3, -0.25) is 18.5 Å². The molecule has 49 heavy (non-hydrogen) atoms. The molecule has 3 aromatic heterocycles. The zero-order valence-electron chi connectivity index (χ0n) is 27.0. The molecule has 0 fully saturated rings. The molecule has 6 rings (SSSR count). The normalized spacial score (nSPS) is 13.1. The van der Waals surface area contributed by atoms with Crippen molar-refractivity contribution in [2.24, 2.45) is 14.1 Å². The average Bonchev–Trinajstić information content (AvgIpc) is 3.76. The van der Waals surface area contributed by atoms with Gasteiger partial charge < -0.3 is 23.5 Å². The molecule has 3 heterocycles. The topological polar surface area (TPSA) is 158 Å². The van der Waals surface area contributed by atoms with Crippen LogP contribution in [0.5, 0.6) is 0 Å². The van der Waals surface area contributed by atoms with Gasteiger partial charge >= 0.3 is 13.3 Å². The van der Waals surface area contributed by atoms with Crippen LogP contribution in [0.4, 0.5) is 0 Å². The second-order valence-corrected chi connectivity index (χ2v) is 13.6. The Labute approximate surface area is 281 Å². The first-order valence-electron chi connectivity index (χ1n) is 15.5. The van der Waals surface area contributed by atoms with Crippen molar-refractivity contribution >= 4 is 18.8 Å². The van der Waals surface area contributed by atoms with Crippen LogP contribution in [0.25, 0.3) is 11.2 Å². The number of aliphatic hydroxyl groups excluding tert-OH is 1. The fourth-order valence-corrected chi connectivity index (χ4v) is 6.89. The summed E-state index contributed by atoms with van der Waals surface area (Å²) in [4.78, 5) is 30.5. The number of benzene rings is 3. The predicted molar refractivity (Wildman–Crippen MR) is 180 cm³/mol. The Kier molecular flexibility index (Phi) is 10.4. The predicted octanol–water partition coefficient (Wildman–Crippen LogP) is 3.60. The molecule has 15 heteroatoms. The van der Waals surface area contributed by atoms with Crippen LogP contribution >= 0.6 is 7.60 Å². The molecule has 14 nitrogen and oxygen atoms in total. The van der Waals surface area contributed by atoms with Crippen molar-refractivity contribution in [2.45, 2.75) is 44.9 Å². The van der Waals surface area contributed by atoms with Crippen molar-refractivity contribution in [3.8, 4) is 0 Å². The maximum Gasteiger partial charge on any atom is 0.362 e. The molecule has 0 aliphatic heterocycles. The van der Waals surface area contributed by atoms with Crippen LogP contribution in [0.1, 0.15) is 22.4 Å². The third kappa shape index (κ3) is 7.85. The first-order chi connectivity index (χ1) is 23.7. The molecule has 0 aliphatic rings. The number of aliphatic hydroxyl groups is 1. The van der Waals surface area contributed by atoms with E-state index in [-0.39, 0.29) is 44.1 Å². The molecule has 3 aromatic carbocycles. The third-order valence-corrected chi connectivity index (χ3v) is 9.90. The molecule has 2 atom stereocenters. The Morgan fingerprint density at radius 1 is 0.816 bits per heavy atom. The van der Waals surface area contributed by atoms with Crippen LogP contribution in [0.2, 0.25) is 0 Å². The molecular weight excluding hydrogens is 649 g/mol. The summed E-state index contributed by atoms with van der Waals surface area (Å²) < 4.78 is 37.8. The number of fused-ring (bicyclic) bond motifs is 1. The maximum atomic E-state index is 14.5. The zero-order valence-corrected chi connectivity index (χ0v) is 27.9. The van der Waals surface area contributed by atoms with E-state index in [0.29, 0.717) is 5.69 Å². The van der Waals surface area contributed by atoms with Crippen LogP contribution in [-0.2, 0) is 65.4 Å². The SMILES string of the molecule is Cn1cnc2c1c(=O)n(Cc1cn(C[C@H](OCc3ccccc3)[C@H](O)P(=O)(OCc3ccccc3)OCc3ccccc3)nn1)c(=O)n2C. The minimum atomic E-state index is -4.27. The number of ether oxygens (including phenoxy) is 1. The van der Waals surface area contributed by atoms with Gasteiger partial charge in [-0.15, -0.1) is 5.10 Å². The number of hydrogen-bond donors (Lipinski definition) is 1. The molecule has 0 unspecified atom stereocenters. The fourth-order valence-electron chi connectivity index (χ4n) is 5.26. The van der Waals surface area contributed by atoms with Crippen molar-refractivity contribution in [1.82, 2.24) is 33.7 Å². The molecule has 0 aliphatic carbocycles. The van der Waals surface area contributed by atoms with Crippen LogP contribution in [0.3, 0.4) is 0 Å². The fraction of sp³-hybridized carbons (Fsp3) is 0.265. The standard InChI is InChI=1S/C34H36N7O7P/c1-38-24-35-31-30(38)32(42)41(34(44)39(31)2)19-28-18-40(37-36-28)20-29(46-21-25-12-6-3-7-13-25)33(43)49(45,47-22-26-14-8-4-9-15-26)48-23-27-16-10-5-11-17-27/h3-18,24,29,33,43H,19-23H2,1-2H3/t29-,33+/m0/s1. The average molecular weight is 686 g/mol. The Bertz CT molecular complexity index is 2120. The van der Waals surface area contributed by atoms with E-state index >= 15 is 0 Å². The van der Waals surface area contributed by atoms with E-state index in [4.69, 9.17) is 13.8 Å². The van der Waals surface area contributed by atoms with Gasteiger partial charge in [0.1, 0.15) is 11.8 Å². The second-order valence-electron chi connectivity index (χ2n) is 11.5. The first-order valence-corrected chi connectivity index (χ1v) is 17.1. The zero-order chi connectivity index (χ0) is 34.4. The largest absolute Gasteiger partial charge is 0.378 e. The minimum Gasteiger partial charge on any atom is -0.378 e. The second kappa shape index (κ2) is 15.1. The molecule has 1 N–H and O–H groups in total. The van der Waals surface area contributed by atoms with Gasteiger partial charge in [0.2, 0.25) is 0 Å². The Hall–Kier alpha value is -4.98. The number of aromatic nitrogens is 7. The summed E-state index contributed by atoms with van der Waals surface area (Å²) in [5, 5.41) is 20.1. The van der Waals surface area contributed by atoms with Crippen molar-refractivity contribution in [3.63, 3.8) is 0 Å². The minimum absolute atomic E-state index is 0.0758. The summed E-state index contributed by atoms with van der Waals surface area (Å²) in [7, 11) is -1.06. The summed E-state index contributed by atoms with van der Waals surface area (Å²) in [5.74, 6) is -1.74. The molecule has 0 spiro atoms. The molecule has 0 bridgehead atoms. The molecule has 0 saturated carbocycles. The lowest BCUT2D eigenvalue weighted by atomic mass is 10.2. The molecule has 6 aromatic rings. The Morgan fingerprint density at radius 2 is 1.37 bits per heavy atom. The number of rotatable bonds is 15. The lowest BCUT2D eigenvalue weighted by molar-refractivity contribution is -0.0384. The summed E-state index contributed by atoms with van der Waals surface area (Å²) >= 11 is 0. The highest BCUT2D eigenvalue weighted by molar-refractivity contribution is 7.54. The molecule has 254 valence electrons. The van der Waals surface area contributed by atoms with E-state index in [2.05, 4.69) is 15.3 Å². The van der Waals surface area contributed by atoms with Gasteiger partial charge in [0.05, 0.1) is 45.4 Å². The van der Waals surface area contributed by atoms with Gasteiger partial charge in [0.15, 0.2) is 17.0 Å².